The molecule has 0 spiro atoms. The number of rotatable bonds is 5. The van der Waals surface area contributed by atoms with Crippen molar-refractivity contribution >= 4 is 11.8 Å². The van der Waals surface area contributed by atoms with E-state index >= 15 is 0 Å². The van der Waals surface area contributed by atoms with E-state index in [9.17, 15) is 0 Å². The van der Waals surface area contributed by atoms with E-state index in [0.717, 1.165) is 12.3 Å². The first kappa shape index (κ1) is 13.4. The number of hydrogen-bond donors (Lipinski definition) is 1. The van der Waals surface area contributed by atoms with E-state index in [4.69, 9.17) is 0 Å². The van der Waals surface area contributed by atoms with Gasteiger partial charge in [0, 0.05) is 12.3 Å². The molecule has 0 aliphatic carbocycles. The van der Waals surface area contributed by atoms with Gasteiger partial charge in [0.2, 0.25) is 0 Å². The maximum absolute atomic E-state index is 3.56. The normalized spacial score (nSPS) is 9.00. The van der Waals surface area contributed by atoms with E-state index in [-0.39, 0.29) is 0 Å². The van der Waals surface area contributed by atoms with Gasteiger partial charge in [-0.05, 0) is 12.5 Å². The summed E-state index contributed by atoms with van der Waals surface area (Å²) in [5.41, 5.74) is 0. The highest BCUT2D eigenvalue weighted by atomic mass is 32.2. The van der Waals surface area contributed by atoms with Crippen LogP contribution in [0.1, 0.15) is 13.8 Å². The van der Waals surface area contributed by atoms with Gasteiger partial charge < -0.3 is 5.32 Å². The van der Waals surface area contributed by atoms with Crippen molar-refractivity contribution in [3.8, 4) is 0 Å². The van der Waals surface area contributed by atoms with E-state index in [1.165, 1.54) is 0 Å². The Morgan fingerprint density at radius 3 is 2.55 bits per heavy atom. The van der Waals surface area contributed by atoms with Crippen LogP contribution in [-0.2, 0) is 0 Å². The molecule has 0 rings (SSSR count). The molecule has 0 aromatic rings. The van der Waals surface area contributed by atoms with Crippen molar-refractivity contribution in [1.29, 1.82) is 0 Å². The fourth-order valence-electron chi connectivity index (χ4n) is 0.340. The second-order valence-electron chi connectivity index (χ2n) is 1.54. The summed E-state index contributed by atoms with van der Waals surface area (Å²) >= 11 is 1.79. The number of nitrogens with one attached hydrogen (secondary N) is 1. The van der Waals surface area contributed by atoms with Gasteiger partial charge in [-0.1, -0.05) is 32.6 Å². The maximum Gasteiger partial charge on any atom is 0.00994 e. The number of hydrogen-bond acceptors (Lipinski definition) is 2. The van der Waals surface area contributed by atoms with Crippen molar-refractivity contribution < 1.29 is 0 Å². The van der Waals surface area contributed by atoms with Crippen LogP contribution >= 0.6 is 11.8 Å². The summed E-state index contributed by atoms with van der Waals surface area (Å²) in [4.78, 5) is 0. The molecule has 0 saturated carbocycles. The monoisotopic (exact) mass is 173 g/mol. The minimum Gasteiger partial charge on any atom is -0.319 e. The molecule has 0 heterocycles. The van der Waals surface area contributed by atoms with Crippen LogP contribution in [0.15, 0.2) is 24.1 Å². The Labute approximate surface area is 75.0 Å². The molecular formula is C9H19NS. The summed E-state index contributed by atoms with van der Waals surface area (Å²) in [5, 5.41) is 5.11. The van der Waals surface area contributed by atoms with E-state index in [0.29, 0.717) is 0 Å². The SMILES string of the molecule is C=C/C=C\SCCNC.CC. The lowest BCUT2D eigenvalue weighted by Gasteiger charge is -1.91. The third-order valence-electron chi connectivity index (χ3n) is 0.781. The zero-order valence-corrected chi connectivity index (χ0v) is 8.58. The molecule has 0 bridgehead atoms. The zero-order chi connectivity index (χ0) is 8.95. The smallest absolute Gasteiger partial charge is 0.00994 e. The van der Waals surface area contributed by atoms with Gasteiger partial charge in [-0.3, -0.25) is 0 Å². The third-order valence-corrected chi connectivity index (χ3v) is 1.57. The van der Waals surface area contributed by atoms with Crippen molar-refractivity contribution in [1.82, 2.24) is 5.32 Å². The van der Waals surface area contributed by atoms with Crippen LogP contribution in [0.5, 0.6) is 0 Å². The minimum atomic E-state index is 1.06. The molecule has 0 aromatic heterocycles. The Hall–Kier alpha value is -0.210. The summed E-state index contributed by atoms with van der Waals surface area (Å²) in [6, 6.07) is 0. The van der Waals surface area contributed by atoms with Gasteiger partial charge in [-0.2, -0.15) is 0 Å². The van der Waals surface area contributed by atoms with Crippen LogP contribution in [0.4, 0.5) is 0 Å². The highest BCUT2D eigenvalue weighted by molar-refractivity contribution is 8.02. The lowest BCUT2D eigenvalue weighted by atomic mass is 10.6. The lowest BCUT2D eigenvalue weighted by Crippen LogP contribution is -2.08. The molecule has 1 N–H and O–H groups in total. The molecule has 0 radical (unpaired) electrons. The fraction of sp³-hybridized carbons (Fsp3) is 0.556. The Morgan fingerprint density at radius 2 is 2.09 bits per heavy atom. The first-order chi connectivity index (χ1) is 5.41. The Morgan fingerprint density at radius 1 is 1.45 bits per heavy atom. The predicted octanol–water partition coefficient (Wildman–Crippen LogP) is 2.66. The Balaban J connectivity index is 0. The minimum absolute atomic E-state index is 1.06. The molecule has 0 aliphatic heterocycles. The van der Waals surface area contributed by atoms with Crippen molar-refractivity contribution in [2.45, 2.75) is 13.8 Å². The molecule has 66 valence electrons. The molecule has 2 heteroatoms. The first-order valence-corrected chi connectivity index (χ1v) is 5.00. The lowest BCUT2D eigenvalue weighted by molar-refractivity contribution is 0.873. The van der Waals surface area contributed by atoms with Gasteiger partial charge >= 0.3 is 0 Å². The topological polar surface area (TPSA) is 12.0 Å². The van der Waals surface area contributed by atoms with Crippen molar-refractivity contribution in [2.75, 3.05) is 19.3 Å². The predicted molar refractivity (Wildman–Crippen MR) is 57.1 cm³/mol. The molecule has 0 saturated heterocycles. The van der Waals surface area contributed by atoms with Gasteiger partial charge in [-0.15, -0.1) is 11.8 Å². The summed E-state index contributed by atoms with van der Waals surface area (Å²) in [6.45, 7) is 8.62. The van der Waals surface area contributed by atoms with Gasteiger partial charge in [0.25, 0.3) is 0 Å². The quantitative estimate of drug-likeness (QED) is 0.507. The van der Waals surface area contributed by atoms with Crippen molar-refractivity contribution in [2.24, 2.45) is 0 Å². The fourth-order valence-corrected chi connectivity index (χ4v) is 1.02. The van der Waals surface area contributed by atoms with Crippen LogP contribution in [-0.4, -0.2) is 19.3 Å². The Kier molecular flexibility index (Phi) is 20.0. The van der Waals surface area contributed by atoms with Crippen LogP contribution in [0.25, 0.3) is 0 Å². The summed E-state index contributed by atoms with van der Waals surface area (Å²) in [6.07, 6.45) is 3.73. The van der Waals surface area contributed by atoms with Crippen LogP contribution < -0.4 is 5.32 Å². The average Bonchev–Trinajstić information content (AvgIpc) is 2.08. The average molecular weight is 173 g/mol. The number of thioether (sulfide) groups is 1. The summed E-state index contributed by atoms with van der Waals surface area (Å²) < 4.78 is 0. The van der Waals surface area contributed by atoms with E-state index in [2.05, 4.69) is 11.9 Å². The van der Waals surface area contributed by atoms with E-state index in [1.807, 2.05) is 32.4 Å². The standard InChI is InChI=1S/C7H13NS.C2H6/c1-3-4-6-9-7-5-8-2;1-2/h3-4,6,8H,1,5,7H2,2H3;1-2H3/b6-4-;. The molecule has 0 unspecified atom stereocenters. The zero-order valence-electron chi connectivity index (χ0n) is 7.76. The van der Waals surface area contributed by atoms with Gasteiger partial charge in [0.05, 0.1) is 0 Å². The Bertz CT molecular complexity index is 89.6. The van der Waals surface area contributed by atoms with Crippen molar-refractivity contribution in [3.63, 3.8) is 0 Å². The van der Waals surface area contributed by atoms with Crippen LogP contribution in [0, 0.1) is 0 Å². The molecular weight excluding hydrogens is 154 g/mol. The molecule has 0 fully saturated rings. The van der Waals surface area contributed by atoms with Crippen LogP contribution in [0.2, 0.25) is 0 Å². The second kappa shape index (κ2) is 16.4. The largest absolute Gasteiger partial charge is 0.319 e. The molecule has 0 aliphatic rings. The molecule has 1 nitrogen and oxygen atoms in total. The van der Waals surface area contributed by atoms with E-state index < -0.39 is 0 Å². The summed E-state index contributed by atoms with van der Waals surface area (Å²) in [5.74, 6) is 1.13. The van der Waals surface area contributed by atoms with Gasteiger partial charge in [-0.25, -0.2) is 0 Å². The third kappa shape index (κ3) is 17.7. The molecule has 0 amide bonds. The van der Waals surface area contributed by atoms with Crippen LogP contribution in [0.3, 0.4) is 0 Å². The van der Waals surface area contributed by atoms with Gasteiger partial charge in [0.15, 0.2) is 0 Å². The maximum atomic E-state index is 3.56. The van der Waals surface area contributed by atoms with Gasteiger partial charge in [0.1, 0.15) is 0 Å². The molecule has 0 atom stereocenters. The first-order valence-electron chi connectivity index (χ1n) is 3.95. The molecule has 11 heavy (non-hydrogen) atoms. The van der Waals surface area contributed by atoms with E-state index in [1.54, 1.807) is 17.8 Å². The summed E-state index contributed by atoms with van der Waals surface area (Å²) in [7, 11) is 1.96. The number of allylic oxidation sites excluding steroid dienone is 2. The van der Waals surface area contributed by atoms with Crippen molar-refractivity contribution in [3.05, 3.63) is 24.1 Å². The highest BCUT2D eigenvalue weighted by Gasteiger charge is 1.77. The second-order valence-corrected chi connectivity index (χ2v) is 2.55. The highest BCUT2D eigenvalue weighted by Crippen LogP contribution is 1.98. The molecule has 0 aromatic carbocycles.